The first-order valence-corrected chi connectivity index (χ1v) is 22.8. The fourth-order valence-corrected chi connectivity index (χ4v) is 12.6. The summed E-state index contributed by atoms with van der Waals surface area (Å²) in [6.07, 6.45) is 0. The van der Waals surface area contributed by atoms with Crippen LogP contribution in [0.15, 0.2) is 231 Å². The second-order valence-electron chi connectivity index (χ2n) is 18.2. The Balaban J connectivity index is 1.08. The van der Waals surface area contributed by atoms with Crippen LogP contribution >= 0.6 is 0 Å². The average molecular weight is 819 g/mol. The molecule has 2 aliphatic carbocycles. The van der Waals surface area contributed by atoms with Crippen molar-refractivity contribution < 1.29 is 0 Å². The normalized spacial score (nSPS) is 13.4. The number of benzene rings is 13. The maximum Gasteiger partial charge on any atom is 0.0726 e. The SMILES string of the molecule is c1ccc2c(c1)-c1ccccc1C21c2cc(-c3cc4c5ccccc5ccc4c4ccccc34)ccc2-c2c1cc(-c1cc3c4ccccc4ccc3c3ccccc13)c1ccccc21. The topological polar surface area (TPSA) is 0 Å². The van der Waals surface area contributed by atoms with Gasteiger partial charge in [0.25, 0.3) is 0 Å². The molecule has 0 heteroatoms. The molecule has 0 saturated carbocycles. The van der Waals surface area contributed by atoms with Crippen molar-refractivity contribution in [1.82, 2.24) is 0 Å². The standard InChI is InChI=1S/C65H38/c1-3-17-42-39(15-1)29-32-49-44-19-5-7-21-46(44)55(36-56(42)49)41-31-34-54-62(35-41)65(60-27-13-11-24-51(60)52-25-12-14-28-61(52)65)63-38-59(48-23-9-10-26-53(48)64(54)63)58-37-57-43-18-4-2-16-40(43)30-33-50(57)45-20-6-8-22-47(45)58/h1-38H. The molecule has 0 unspecified atom stereocenters. The Labute approximate surface area is 376 Å². The van der Waals surface area contributed by atoms with Crippen molar-refractivity contribution in [2.45, 2.75) is 5.41 Å². The maximum atomic E-state index is 2.60. The Morgan fingerprint density at radius 2 is 0.631 bits per heavy atom. The third kappa shape index (κ3) is 4.55. The number of hydrogen-bond acceptors (Lipinski definition) is 0. The molecule has 0 aliphatic heterocycles. The molecule has 298 valence electrons. The monoisotopic (exact) mass is 818 g/mol. The molecule has 0 heterocycles. The highest BCUT2D eigenvalue weighted by atomic mass is 14.5. The largest absolute Gasteiger partial charge is 0.0726 e. The molecule has 2 aliphatic rings. The van der Waals surface area contributed by atoms with E-state index in [1.54, 1.807) is 0 Å². The van der Waals surface area contributed by atoms with E-state index in [0.717, 1.165) is 0 Å². The van der Waals surface area contributed by atoms with Gasteiger partial charge in [-0.2, -0.15) is 0 Å². The van der Waals surface area contributed by atoms with E-state index in [1.807, 2.05) is 0 Å². The van der Waals surface area contributed by atoms with Crippen LogP contribution in [-0.2, 0) is 5.41 Å². The molecule has 0 saturated heterocycles. The van der Waals surface area contributed by atoms with Gasteiger partial charge in [-0.05, 0) is 166 Å². The van der Waals surface area contributed by atoms with Crippen LogP contribution in [0.3, 0.4) is 0 Å². The highest BCUT2D eigenvalue weighted by Crippen LogP contribution is 2.65. The van der Waals surface area contributed by atoms with Crippen molar-refractivity contribution >= 4 is 75.4 Å². The molecule has 0 bridgehead atoms. The minimum atomic E-state index is -0.550. The zero-order valence-electron chi connectivity index (χ0n) is 35.4. The summed E-state index contributed by atoms with van der Waals surface area (Å²) in [4.78, 5) is 0. The van der Waals surface area contributed by atoms with Crippen LogP contribution in [0.4, 0.5) is 0 Å². The minimum absolute atomic E-state index is 0.550. The molecule has 0 radical (unpaired) electrons. The molecule has 0 fully saturated rings. The van der Waals surface area contributed by atoms with Crippen LogP contribution in [0, 0.1) is 0 Å². The third-order valence-corrected chi connectivity index (χ3v) is 15.2. The Kier molecular flexibility index (Phi) is 6.97. The molecular weight excluding hydrogens is 781 g/mol. The Morgan fingerprint density at radius 1 is 0.200 bits per heavy atom. The van der Waals surface area contributed by atoms with Crippen molar-refractivity contribution in [2.75, 3.05) is 0 Å². The summed E-state index contributed by atoms with van der Waals surface area (Å²) >= 11 is 0. The lowest BCUT2D eigenvalue weighted by Crippen LogP contribution is -2.26. The van der Waals surface area contributed by atoms with Crippen molar-refractivity contribution in [1.29, 1.82) is 0 Å². The first-order chi connectivity index (χ1) is 32.3. The number of rotatable bonds is 2. The summed E-state index contributed by atoms with van der Waals surface area (Å²) in [6, 6.07) is 87.5. The van der Waals surface area contributed by atoms with Gasteiger partial charge in [-0.1, -0.05) is 206 Å². The van der Waals surface area contributed by atoms with Gasteiger partial charge >= 0.3 is 0 Å². The van der Waals surface area contributed by atoms with Crippen LogP contribution < -0.4 is 0 Å². The number of hydrogen-bond donors (Lipinski definition) is 0. The van der Waals surface area contributed by atoms with Gasteiger partial charge < -0.3 is 0 Å². The molecule has 65 heavy (non-hydrogen) atoms. The summed E-state index contributed by atoms with van der Waals surface area (Å²) in [5.74, 6) is 0. The van der Waals surface area contributed by atoms with Gasteiger partial charge in [0.05, 0.1) is 5.41 Å². The summed E-state index contributed by atoms with van der Waals surface area (Å²) in [6.45, 7) is 0. The predicted octanol–water partition coefficient (Wildman–Crippen LogP) is 17.4. The molecule has 0 aromatic heterocycles. The van der Waals surface area contributed by atoms with Gasteiger partial charge in [-0.3, -0.25) is 0 Å². The Bertz CT molecular complexity index is 4200. The Morgan fingerprint density at radius 3 is 1.23 bits per heavy atom. The van der Waals surface area contributed by atoms with Crippen molar-refractivity contribution in [3.8, 4) is 44.5 Å². The zero-order valence-corrected chi connectivity index (χ0v) is 35.4. The molecule has 0 N–H and O–H groups in total. The molecule has 13 aromatic carbocycles. The van der Waals surface area contributed by atoms with E-state index in [2.05, 4.69) is 231 Å². The second kappa shape index (κ2) is 12.9. The fourth-order valence-electron chi connectivity index (χ4n) is 12.6. The van der Waals surface area contributed by atoms with E-state index in [9.17, 15) is 0 Å². The minimum Gasteiger partial charge on any atom is -0.0619 e. The van der Waals surface area contributed by atoms with E-state index in [4.69, 9.17) is 0 Å². The molecule has 13 aromatic rings. The van der Waals surface area contributed by atoms with Gasteiger partial charge in [0, 0.05) is 0 Å². The Hall–Kier alpha value is -8.32. The summed E-state index contributed by atoms with van der Waals surface area (Å²) < 4.78 is 0. The van der Waals surface area contributed by atoms with E-state index in [1.165, 1.54) is 142 Å². The summed E-state index contributed by atoms with van der Waals surface area (Å²) in [5.41, 5.74) is 15.2. The van der Waals surface area contributed by atoms with Gasteiger partial charge in [0.15, 0.2) is 0 Å². The van der Waals surface area contributed by atoms with Crippen molar-refractivity contribution in [3.63, 3.8) is 0 Å². The lowest BCUT2D eigenvalue weighted by atomic mass is 9.69. The lowest BCUT2D eigenvalue weighted by Gasteiger charge is -2.31. The quantitative estimate of drug-likeness (QED) is 0.152. The maximum absolute atomic E-state index is 2.60. The summed E-state index contributed by atoms with van der Waals surface area (Å²) in [7, 11) is 0. The average Bonchev–Trinajstić information content (AvgIpc) is 3.85. The highest BCUT2D eigenvalue weighted by molar-refractivity contribution is 6.24. The molecule has 0 amide bonds. The van der Waals surface area contributed by atoms with Gasteiger partial charge in [-0.15, -0.1) is 0 Å². The van der Waals surface area contributed by atoms with E-state index < -0.39 is 5.41 Å². The summed E-state index contributed by atoms with van der Waals surface area (Å²) in [5, 5.41) is 17.9. The van der Waals surface area contributed by atoms with Crippen LogP contribution in [0.2, 0.25) is 0 Å². The first-order valence-electron chi connectivity index (χ1n) is 22.8. The second-order valence-corrected chi connectivity index (χ2v) is 18.2. The van der Waals surface area contributed by atoms with Gasteiger partial charge in [0.1, 0.15) is 0 Å². The smallest absolute Gasteiger partial charge is 0.0619 e. The molecule has 0 atom stereocenters. The first kappa shape index (κ1) is 35.2. The van der Waals surface area contributed by atoms with Gasteiger partial charge in [0.2, 0.25) is 0 Å². The van der Waals surface area contributed by atoms with Crippen molar-refractivity contribution in [3.05, 3.63) is 253 Å². The molecule has 1 spiro atoms. The van der Waals surface area contributed by atoms with E-state index in [0.29, 0.717) is 0 Å². The van der Waals surface area contributed by atoms with Crippen LogP contribution in [0.25, 0.3) is 120 Å². The van der Waals surface area contributed by atoms with Gasteiger partial charge in [-0.25, -0.2) is 0 Å². The molecular formula is C65H38. The van der Waals surface area contributed by atoms with Crippen LogP contribution in [-0.4, -0.2) is 0 Å². The predicted molar refractivity (Wildman–Crippen MR) is 276 cm³/mol. The van der Waals surface area contributed by atoms with E-state index in [-0.39, 0.29) is 0 Å². The zero-order chi connectivity index (χ0) is 42.4. The van der Waals surface area contributed by atoms with E-state index >= 15 is 0 Å². The highest BCUT2D eigenvalue weighted by Gasteiger charge is 2.52. The molecule has 0 nitrogen and oxygen atoms in total. The molecule has 15 rings (SSSR count). The van der Waals surface area contributed by atoms with Crippen LogP contribution in [0.5, 0.6) is 0 Å². The fraction of sp³-hybridized carbons (Fsp3) is 0.0154. The number of fused-ring (bicyclic) bond motifs is 22. The van der Waals surface area contributed by atoms with Crippen molar-refractivity contribution in [2.24, 2.45) is 0 Å². The lowest BCUT2D eigenvalue weighted by molar-refractivity contribution is 0.795. The van der Waals surface area contributed by atoms with Crippen LogP contribution in [0.1, 0.15) is 22.3 Å². The third-order valence-electron chi connectivity index (χ3n) is 15.2.